The second-order valence-corrected chi connectivity index (χ2v) is 2.76. The number of H-pyrrole nitrogens is 1. The maximum absolute atomic E-state index is 11.6. The largest absolute Gasteiger partial charge is 0.480 e. The Bertz CT molecular complexity index is 374. The van der Waals surface area contributed by atoms with Gasteiger partial charge < -0.3 is 15.7 Å². The van der Waals surface area contributed by atoms with Crippen LogP contribution in [0, 0.1) is 0 Å². The molecule has 0 saturated heterocycles. The zero-order chi connectivity index (χ0) is 11.4. The van der Waals surface area contributed by atoms with Gasteiger partial charge in [-0.1, -0.05) is 0 Å². The molecule has 1 amide bonds. The van der Waals surface area contributed by atoms with Gasteiger partial charge in [-0.25, -0.2) is 0 Å². The fourth-order valence-electron chi connectivity index (χ4n) is 1.01. The summed E-state index contributed by atoms with van der Waals surface area (Å²) in [7, 11) is 0. The lowest BCUT2D eigenvalue weighted by Crippen LogP contribution is -2.36. The number of rotatable bonds is 4. The molecule has 4 N–H and O–H groups in total. The molecule has 0 fully saturated rings. The van der Waals surface area contributed by atoms with Crippen molar-refractivity contribution >= 4 is 17.8 Å². The number of carbonyl (C=O) groups is 2. The first kappa shape index (κ1) is 11.0. The van der Waals surface area contributed by atoms with Crippen LogP contribution in [0.2, 0.25) is 0 Å². The third-order valence-corrected chi connectivity index (χ3v) is 1.70. The van der Waals surface area contributed by atoms with Gasteiger partial charge in [0.05, 0.1) is 0 Å². The lowest BCUT2D eigenvalue weighted by Gasteiger charge is -2.16. The number of carboxylic acids is 1. The fraction of sp³-hybridized carbons (Fsp3) is 0.429. The van der Waals surface area contributed by atoms with Crippen molar-refractivity contribution < 1.29 is 14.7 Å². The lowest BCUT2D eigenvalue weighted by molar-refractivity contribution is -0.137. The van der Waals surface area contributed by atoms with Gasteiger partial charge in [-0.15, -0.1) is 5.10 Å². The minimum Gasteiger partial charge on any atom is -0.480 e. The van der Waals surface area contributed by atoms with Crippen molar-refractivity contribution in [3.05, 3.63) is 5.82 Å². The van der Waals surface area contributed by atoms with Crippen molar-refractivity contribution in [1.29, 1.82) is 0 Å². The molecule has 8 nitrogen and oxygen atoms in total. The second-order valence-electron chi connectivity index (χ2n) is 2.76. The molecule has 0 atom stereocenters. The molecule has 1 rings (SSSR count). The zero-order valence-electron chi connectivity index (χ0n) is 8.10. The Morgan fingerprint density at radius 1 is 1.60 bits per heavy atom. The van der Waals surface area contributed by atoms with E-state index in [4.69, 9.17) is 10.8 Å². The minimum absolute atomic E-state index is 0.0512. The lowest BCUT2D eigenvalue weighted by atomic mass is 10.4. The third kappa shape index (κ3) is 2.66. The number of likely N-dealkylation sites (N-methyl/N-ethyl adjacent to an activating group) is 1. The van der Waals surface area contributed by atoms with Gasteiger partial charge >= 0.3 is 5.97 Å². The number of nitrogens with one attached hydrogen (secondary N) is 1. The summed E-state index contributed by atoms with van der Waals surface area (Å²) >= 11 is 0. The summed E-state index contributed by atoms with van der Waals surface area (Å²) in [5, 5.41) is 14.4. The first-order valence-electron chi connectivity index (χ1n) is 4.23. The van der Waals surface area contributed by atoms with E-state index in [1.54, 1.807) is 6.92 Å². The number of aromatic amines is 1. The van der Waals surface area contributed by atoms with Gasteiger partial charge in [0.25, 0.3) is 5.91 Å². The highest BCUT2D eigenvalue weighted by Gasteiger charge is 2.19. The molecule has 0 aromatic carbocycles. The van der Waals surface area contributed by atoms with Crippen LogP contribution in [0.3, 0.4) is 0 Å². The van der Waals surface area contributed by atoms with Gasteiger partial charge in [0.2, 0.25) is 11.8 Å². The van der Waals surface area contributed by atoms with E-state index < -0.39 is 11.9 Å². The number of nitrogens with two attached hydrogens (primary N) is 1. The van der Waals surface area contributed by atoms with E-state index in [2.05, 4.69) is 15.2 Å². The third-order valence-electron chi connectivity index (χ3n) is 1.70. The van der Waals surface area contributed by atoms with Crippen LogP contribution >= 0.6 is 0 Å². The van der Waals surface area contributed by atoms with Gasteiger partial charge in [0.15, 0.2) is 0 Å². The summed E-state index contributed by atoms with van der Waals surface area (Å²) in [5.41, 5.74) is 5.22. The molecule has 8 heteroatoms. The van der Waals surface area contributed by atoms with Crippen molar-refractivity contribution in [3.8, 4) is 0 Å². The number of amides is 1. The van der Waals surface area contributed by atoms with Crippen molar-refractivity contribution in [1.82, 2.24) is 20.1 Å². The molecule has 15 heavy (non-hydrogen) atoms. The smallest absolute Gasteiger partial charge is 0.323 e. The predicted molar refractivity (Wildman–Crippen MR) is 50.0 cm³/mol. The fourth-order valence-corrected chi connectivity index (χ4v) is 1.01. The van der Waals surface area contributed by atoms with Gasteiger partial charge in [0, 0.05) is 6.54 Å². The molecular weight excluding hydrogens is 202 g/mol. The number of aliphatic carboxylic acids is 1. The van der Waals surface area contributed by atoms with Crippen LogP contribution in [0.5, 0.6) is 0 Å². The van der Waals surface area contributed by atoms with Gasteiger partial charge in [-0.3, -0.25) is 14.7 Å². The highest BCUT2D eigenvalue weighted by Crippen LogP contribution is 2.00. The molecule has 0 aliphatic carbocycles. The highest BCUT2D eigenvalue weighted by molar-refractivity contribution is 5.92. The maximum atomic E-state index is 11.6. The summed E-state index contributed by atoms with van der Waals surface area (Å²) < 4.78 is 0. The molecule has 0 spiro atoms. The Hall–Kier alpha value is -2.12. The van der Waals surface area contributed by atoms with Crippen molar-refractivity contribution in [3.63, 3.8) is 0 Å². The molecule has 0 bridgehead atoms. The monoisotopic (exact) mass is 213 g/mol. The molecule has 1 heterocycles. The van der Waals surface area contributed by atoms with Crippen LogP contribution in [0.4, 0.5) is 5.95 Å². The molecule has 0 aliphatic rings. The number of carboxylic acid groups (broad SMARTS) is 1. The quantitative estimate of drug-likeness (QED) is 0.585. The molecule has 1 aromatic rings. The number of nitrogens with zero attached hydrogens (tertiary/aromatic N) is 3. The van der Waals surface area contributed by atoms with Crippen LogP contribution in [-0.2, 0) is 4.79 Å². The average Bonchev–Trinajstić information content (AvgIpc) is 2.60. The number of aromatic nitrogens is 3. The zero-order valence-corrected chi connectivity index (χ0v) is 8.10. The number of nitrogen functional groups attached to an aromatic ring is 1. The molecule has 82 valence electrons. The number of anilines is 1. The Morgan fingerprint density at radius 3 is 2.67 bits per heavy atom. The normalized spacial score (nSPS) is 9.93. The van der Waals surface area contributed by atoms with Gasteiger partial charge in [-0.05, 0) is 6.92 Å². The standard InChI is InChI=1S/C7H11N5O3/c1-2-12(3-4(13)14)6(15)5-9-7(8)11-10-5/h2-3H2,1H3,(H,13,14)(H3,8,9,10,11). The first-order valence-corrected chi connectivity index (χ1v) is 4.23. The Balaban J connectivity index is 2.77. The van der Waals surface area contributed by atoms with E-state index in [9.17, 15) is 9.59 Å². The SMILES string of the molecule is CCN(CC(=O)O)C(=O)c1nc(N)n[nH]1. The molecule has 0 aliphatic heterocycles. The van der Waals surface area contributed by atoms with Crippen LogP contribution in [0.25, 0.3) is 0 Å². The van der Waals surface area contributed by atoms with Crippen LogP contribution in [0.15, 0.2) is 0 Å². The Morgan fingerprint density at radius 2 is 2.27 bits per heavy atom. The van der Waals surface area contributed by atoms with E-state index in [0.717, 1.165) is 4.90 Å². The summed E-state index contributed by atoms with van der Waals surface area (Å²) in [6.07, 6.45) is 0. The second kappa shape index (κ2) is 4.40. The molecule has 0 unspecified atom stereocenters. The topological polar surface area (TPSA) is 125 Å². The summed E-state index contributed by atoms with van der Waals surface area (Å²) in [6.45, 7) is 1.56. The van der Waals surface area contributed by atoms with Gasteiger partial charge in [-0.2, -0.15) is 4.98 Å². The predicted octanol–water partition coefficient (Wildman–Crippen LogP) is -1.07. The summed E-state index contributed by atoms with van der Waals surface area (Å²) in [6, 6.07) is 0. The van der Waals surface area contributed by atoms with Crippen molar-refractivity contribution in [2.24, 2.45) is 0 Å². The van der Waals surface area contributed by atoms with E-state index in [-0.39, 0.29) is 24.9 Å². The van der Waals surface area contributed by atoms with E-state index in [0.29, 0.717) is 0 Å². The molecule has 1 aromatic heterocycles. The van der Waals surface area contributed by atoms with E-state index in [1.165, 1.54) is 0 Å². The number of carbonyl (C=O) groups excluding carboxylic acids is 1. The van der Waals surface area contributed by atoms with E-state index in [1.807, 2.05) is 0 Å². The number of hydrogen-bond donors (Lipinski definition) is 3. The molecule has 0 radical (unpaired) electrons. The summed E-state index contributed by atoms with van der Waals surface area (Å²) in [5.74, 6) is -1.73. The van der Waals surface area contributed by atoms with Gasteiger partial charge in [0.1, 0.15) is 6.54 Å². The van der Waals surface area contributed by atoms with E-state index >= 15 is 0 Å². The van der Waals surface area contributed by atoms with Crippen LogP contribution in [0.1, 0.15) is 17.5 Å². The van der Waals surface area contributed by atoms with Crippen LogP contribution in [-0.4, -0.2) is 50.2 Å². The Labute approximate surface area is 85.1 Å². The Kier molecular flexibility index (Phi) is 3.21. The highest BCUT2D eigenvalue weighted by atomic mass is 16.4. The molecular formula is C7H11N5O3. The van der Waals surface area contributed by atoms with Crippen molar-refractivity contribution in [2.45, 2.75) is 6.92 Å². The average molecular weight is 213 g/mol. The maximum Gasteiger partial charge on any atom is 0.323 e. The van der Waals surface area contributed by atoms with Crippen LogP contribution < -0.4 is 5.73 Å². The first-order chi connectivity index (χ1) is 7.04. The van der Waals surface area contributed by atoms with Crippen molar-refractivity contribution in [2.75, 3.05) is 18.8 Å². The number of hydrogen-bond acceptors (Lipinski definition) is 5. The molecule has 0 saturated carbocycles. The minimum atomic E-state index is -1.09. The summed E-state index contributed by atoms with van der Waals surface area (Å²) in [4.78, 5) is 26.8.